The van der Waals surface area contributed by atoms with E-state index in [4.69, 9.17) is 17.2 Å². The van der Waals surface area contributed by atoms with Crippen molar-refractivity contribution in [3.05, 3.63) is 23.3 Å². The summed E-state index contributed by atoms with van der Waals surface area (Å²) in [4.78, 5) is 0. The number of hydrogen-bond acceptors (Lipinski definition) is 3. The van der Waals surface area contributed by atoms with Crippen molar-refractivity contribution >= 4 is 11.4 Å². The van der Waals surface area contributed by atoms with Gasteiger partial charge in [0.1, 0.15) is 0 Å². The van der Waals surface area contributed by atoms with Crippen LogP contribution < -0.4 is 17.2 Å². The first kappa shape index (κ1) is 7.43. The van der Waals surface area contributed by atoms with Crippen LogP contribution in [0.3, 0.4) is 0 Å². The number of rotatable bonds is 0. The molecule has 12 heavy (non-hydrogen) atoms. The number of fused-ring (bicyclic) bond motifs is 1. The van der Waals surface area contributed by atoms with Gasteiger partial charge in [-0.05, 0) is 36.1 Å². The molecule has 0 bridgehead atoms. The summed E-state index contributed by atoms with van der Waals surface area (Å²) < 4.78 is 0. The number of nitrogens with two attached hydrogens (primary N) is 3. The predicted octanol–water partition coefficient (Wildman–Crippen LogP) is 0.277. The second kappa shape index (κ2) is 2.38. The minimum absolute atomic E-state index is 0.201. The van der Waals surface area contributed by atoms with E-state index in [2.05, 4.69) is 0 Å². The van der Waals surface area contributed by atoms with Gasteiger partial charge in [-0.15, -0.1) is 0 Å². The van der Waals surface area contributed by atoms with Crippen molar-refractivity contribution in [2.24, 2.45) is 5.73 Å². The van der Waals surface area contributed by atoms with E-state index in [-0.39, 0.29) is 6.04 Å². The maximum atomic E-state index is 5.81. The Hall–Kier alpha value is -1.22. The molecule has 0 saturated heterocycles. The van der Waals surface area contributed by atoms with Gasteiger partial charge in [0.2, 0.25) is 0 Å². The van der Waals surface area contributed by atoms with Crippen LogP contribution in [0.5, 0.6) is 0 Å². The average Bonchev–Trinajstić information content (AvgIpc) is 2.41. The Morgan fingerprint density at radius 3 is 1.83 bits per heavy atom. The lowest BCUT2D eigenvalue weighted by atomic mass is 10.1. The molecular weight excluding hydrogens is 150 g/mol. The summed E-state index contributed by atoms with van der Waals surface area (Å²) in [6.45, 7) is 0. The van der Waals surface area contributed by atoms with Gasteiger partial charge in [0.25, 0.3) is 0 Å². The lowest BCUT2D eigenvalue weighted by Crippen LogP contribution is -2.19. The highest BCUT2D eigenvalue weighted by Gasteiger charge is 2.21. The van der Waals surface area contributed by atoms with Gasteiger partial charge < -0.3 is 17.2 Å². The Bertz CT molecular complexity index is 289. The van der Waals surface area contributed by atoms with Gasteiger partial charge in [-0.25, -0.2) is 0 Å². The van der Waals surface area contributed by atoms with Crippen LogP contribution in [-0.2, 0) is 12.8 Å². The fraction of sp³-hybridized carbons (Fsp3) is 0.333. The molecule has 2 rings (SSSR count). The van der Waals surface area contributed by atoms with E-state index >= 15 is 0 Å². The Labute approximate surface area is 71.5 Å². The Balaban J connectivity index is 2.56. The summed E-state index contributed by atoms with van der Waals surface area (Å²) in [5.74, 6) is 0. The molecule has 3 heteroatoms. The Kier molecular flexibility index (Phi) is 1.48. The zero-order valence-electron chi connectivity index (χ0n) is 6.88. The van der Waals surface area contributed by atoms with Crippen molar-refractivity contribution in [1.82, 2.24) is 0 Å². The predicted molar refractivity (Wildman–Crippen MR) is 50.7 cm³/mol. The van der Waals surface area contributed by atoms with E-state index in [1.165, 1.54) is 0 Å². The molecule has 0 aliphatic heterocycles. The second-order valence-corrected chi connectivity index (χ2v) is 3.37. The second-order valence-electron chi connectivity index (χ2n) is 3.37. The van der Waals surface area contributed by atoms with Crippen molar-refractivity contribution < 1.29 is 0 Å². The van der Waals surface area contributed by atoms with Gasteiger partial charge in [0.15, 0.2) is 0 Å². The number of nitrogen functional groups attached to an aromatic ring is 2. The van der Waals surface area contributed by atoms with Crippen molar-refractivity contribution in [3.8, 4) is 0 Å². The van der Waals surface area contributed by atoms with Crippen LogP contribution in [0.15, 0.2) is 12.1 Å². The molecule has 64 valence electrons. The van der Waals surface area contributed by atoms with E-state index in [9.17, 15) is 0 Å². The maximum absolute atomic E-state index is 5.81. The van der Waals surface area contributed by atoms with Crippen molar-refractivity contribution in [2.45, 2.75) is 18.9 Å². The highest BCUT2D eigenvalue weighted by atomic mass is 14.7. The minimum atomic E-state index is 0.201. The summed E-state index contributed by atoms with van der Waals surface area (Å²) in [6.07, 6.45) is 1.73. The van der Waals surface area contributed by atoms with E-state index in [0.717, 1.165) is 35.3 Å². The molecule has 0 amide bonds. The number of anilines is 2. The molecule has 0 saturated carbocycles. The average molecular weight is 163 g/mol. The maximum Gasteiger partial charge on any atom is 0.0351 e. The molecule has 1 aliphatic rings. The summed E-state index contributed by atoms with van der Waals surface area (Å²) in [5.41, 5.74) is 21.4. The van der Waals surface area contributed by atoms with E-state index in [1.54, 1.807) is 0 Å². The summed E-state index contributed by atoms with van der Waals surface area (Å²) >= 11 is 0. The van der Waals surface area contributed by atoms with Gasteiger partial charge in [0.05, 0.1) is 0 Å². The zero-order valence-corrected chi connectivity index (χ0v) is 6.88. The van der Waals surface area contributed by atoms with Gasteiger partial charge >= 0.3 is 0 Å². The molecule has 0 heterocycles. The van der Waals surface area contributed by atoms with Gasteiger partial charge in [-0.1, -0.05) is 0 Å². The first-order valence-corrected chi connectivity index (χ1v) is 4.09. The largest absolute Gasteiger partial charge is 0.398 e. The summed E-state index contributed by atoms with van der Waals surface area (Å²) in [6, 6.07) is 3.91. The fourth-order valence-corrected chi connectivity index (χ4v) is 1.81. The minimum Gasteiger partial charge on any atom is -0.398 e. The molecule has 0 unspecified atom stereocenters. The SMILES string of the molecule is Nc1ccc(N)c2c1CC(N)C2. The monoisotopic (exact) mass is 163 g/mol. The van der Waals surface area contributed by atoms with Crippen LogP contribution in [0.1, 0.15) is 11.1 Å². The summed E-state index contributed by atoms with van der Waals surface area (Å²) in [7, 11) is 0. The van der Waals surface area contributed by atoms with E-state index < -0.39 is 0 Å². The van der Waals surface area contributed by atoms with Gasteiger partial charge in [0, 0.05) is 17.4 Å². The molecule has 6 N–H and O–H groups in total. The Morgan fingerprint density at radius 1 is 1.00 bits per heavy atom. The first-order valence-electron chi connectivity index (χ1n) is 4.09. The topological polar surface area (TPSA) is 78.1 Å². The zero-order chi connectivity index (χ0) is 8.72. The van der Waals surface area contributed by atoms with Crippen molar-refractivity contribution in [1.29, 1.82) is 0 Å². The van der Waals surface area contributed by atoms with E-state index in [0.29, 0.717) is 0 Å². The standard InChI is InChI=1S/C9H13N3/c10-5-3-6-7(4-5)9(12)2-1-8(6)11/h1-2,5H,3-4,10-12H2. The highest BCUT2D eigenvalue weighted by molar-refractivity contribution is 5.64. The first-order chi connectivity index (χ1) is 5.68. The number of hydrogen-bond donors (Lipinski definition) is 3. The van der Waals surface area contributed by atoms with Gasteiger partial charge in [-0.3, -0.25) is 0 Å². The number of benzene rings is 1. The molecule has 1 aliphatic carbocycles. The van der Waals surface area contributed by atoms with Crippen LogP contribution in [0.25, 0.3) is 0 Å². The molecule has 1 aromatic carbocycles. The van der Waals surface area contributed by atoms with Crippen LogP contribution in [0.4, 0.5) is 11.4 Å². The third-order valence-electron chi connectivity index (χ3n) is 2.44. The van der Waals surface area contributed by atoms with Crippen LogP contribution in [0, 0.1) is 0 Å². The Morgan fingerprint density at radius 2 is 1.42 bits per heavy atom. The summed E-state index contributed by atoms with van der Waals surface area (Å²) in [5, 5.41) is 0. The normalized spacial score (nSPS) is 16.4. The molecule has 0 spiro atoms. The molecule has 3 nitrogen and oxygen atoms in total. The third-order valence-corrected chi connectivity index (χ3v) is 2.44. The molecular formula is C9H13N3. The molecule has 0 fully saturated rings. The smallest absolute Gasteiger partial charge is 0.0351 e. The fourth-order valence-electron chi connectivity index (χ4n) is 1.81. The molecule has 1 aromatic rings. The van der Waals surface area contributed by atoms with Crippen LogP contribution in [-0.4, -0.2) is 6.04 Å². The molecule has 0 aromatic heterocycles. The third kappa shape index (κ3) is 0.940. The molecule has 0 atom stereocenters. The molecule has 0 radical (unpaired) electrons. The van der Waals surface area contributed by atoms with E-state index in [1.807, 2.05) is 12.1 Å². The van der Waals surface area contributed by atoms with Crippen molar-refractivity contribution in [3.63, 3.8) is 0 Å². The quantitative estimate of drug-likeness (QED) is 0.480. The van der Waals surface area contributed by atoms with Gasteiger partial charge in [-0.2, -0.15) is 0 Å². The highest BCUT2D eigenvalue weighted by Crippen LogP contribution is 2.30. The van der Waals surface area contributed by atoms with Crippen LogP contribution in [0.2, 0.25) is 0 Å². The van der Waals surface area contributed by atoms with Crippen LogP contribution >= 0.6 is 0 Å². The lowest BCUT2D eigenvalue weighted by Gasteiger charge is -2.05. The lowest BCUT2D eigenvalue weighted by molar-refractivity contribution is 0.722. The van der Waals surface area contributed by atoms with Crippen molar-refractivity contribution in [2.75, 3.05) is 11.5 Å².